The fraction of sp³-hybridized carbons (Fsp3) is 0.409. The highest BCUT2D eigenvalue weighted by Crippen LogP contribution is 2.45. The van der Waals surface area contributed by atoms with Gasteiger partial charge in [-0.05, 0) is 48.2 Å². The molecule has 6 heteroatoms. The molecule has 5 nitrogen and oxygen atoms in total. The third-order valence-corrected chi connectivity index (χ3v) is 7.14. The zero-order chi connectivity index (χ0) is 19.4. The Balaban J connectivity index is 1.51. The number of fused-ring (bicyclic) bond motifs is 2. The summed E-state index contributed by atoms with van der Waals surface area (Å²) in [5.74, 6) is 1.21. The Hall–Kier alpha value is -2.31. The van der Waals surface area contributed by atoms with Crippen LogP contribution in [0.1, 0.15) is 23.5 Å². The summed E-state index contributed by atoms with van der Waals surface area (Å²) in [6.45, 7) is 6.76. The number of H-pyrrole nitrogens is 1. The van der Waals surface area contributed by atoms with Crippen molar-refractivity contribution in [1.29, 1.82) is 0 Å². The summed E-state index contributed by atoms with van der Waals surface area (Å²) in [5.41, 5.74) is 4.16. The van der Waals surface area contributed by atoms with E-state index in [1.807, 2.05) is 17.7 Å². The lowest BCUT2D eigenvalue weighted by atomic mass is 9.72. The van der Waals surface area contributed by atoms with E-state index in [1.165, 1.54) is 22.0 Å². The molecule has 1 aliphatic heterocycles. The Morgan fingerprint density at radius 3 is 3.00 bits per heavy atom. The highest BCUT2D eigenvalue weighted by atomic mass is 32.1. The molecule has 28 heavy (non-hydrogen) atoms. The molecule has 0 saturated carbocycles. The number of nitrogens with one attached hydrogen (secondary N) is 1. The number of aromatic nitrogens is 3. The number of aromatic hydroxyl groups is 1. The van der Waals surface area contributed by atoms with Gasteiger partial charge in [-0.3, -0.25) is 9.47 Å². The van der Waals surface area contributed by atoms with Crippen LogP contribution in [-0.2, 0) is 20.0 Å². The number of hydrogen-bond donors (Lipinski definition) is 2. The first-order chi connectivity index (χ1) is 13.6. The van der Waals surface area contributed by atoms with Crippen LogP contribution < -0.4 is 0 Å². The van der Waals surface area contributed by atoms with E-state index < -0.39 is 0 Å². The van der Waals surface area contributed by atoms with Crippen LogP contribution in [0.15, 0.2) is 43.2 Å². The zero-order valence-electron chi connectivity index (χ0n) is 16.1. The van der Waals surface area contributed by atoms with Gasteiger partial charge >= 0.3 is 0 Å². The molecule has 1 aliphatic carbocycles. The van der Waals surface area contributed by atoms with Crippen LogP contribution in [0, 0.1) is 10.7 Å². The second-order valence-electron chi connectivity index (χ2n) is 8.29. The number of nitrogens with zero attached hydrogens (tertiary/aromatic N) is 3. The number of benzene rings is 1. The Morgan fingerprint density at radius 1 is 1.39 bits per heavy atom. The number of piperidine rings is 1. The van der Waals surface area contributed by atoms with Crippen LogP contribution in [-0.4, -0.2) is 43.3 Å². The molecule has 3 aromatic rings. The monoisotopic (exact) mass is 394 g/mol. The lowest BCUT2D eigenvalue weighted by Crippen LogP contribution is -2.50. The third kappa shape index (κ3) is 2.66. The first kappa shape index (κ1) is 17.8. The summed E-state index contributed by atoms with van der Waals surface area (Å²) in [5, 5.41) is 11.4. The number of likely N-dealkylation sites (tertiary alicyclic amines) is 1. The van der Waals surface area contributed by atoms with Gasteiger partial charge in [0.15, 0.2) is 4.77 Å². The molecule has 2 N–H and O–H groups in total. The molecule has 2 aliphatic rings. The Kier molecular flexibility index (Phi) is 4.21. The lowest BCUT2D eigenvalue weighted by molar-refractivity contribution is 0.0888. The predicted octanol–water partition coefficient (Wildman–Crippen LogP) is 3.96. The van der Waals surface area contributed by atoms with E-state index in [4.69, 9.17) is 12.2 Å². The van der Waals surface area contributed by atoms with Gasteiger partial charge in [-0.2, -0.15) is 0 Å². The van der Waals surface area contributed by atoms with Crippen molar-refractivity contribution in [2.24, 2.45) is 13.0 Å². The minimum absolute atomic E-state index is 0.223. The van der Waals surface area contributed by atoms with Crippen molar-refractivity contribution in [3.8, 4) is 5.88 Å². The van der Waals surface area contributed by atoms with Crippen LogP contribution in [0.3, 0.4) is 0 Å². The van der Waals surface area contributed by atoms with Gasteiger partial charge in [-0.1, -0.05) is 18.2 Å². The van der Waals surface area contributed by atoms with Crippen LogP contribution >= 0.6 is 12.2 Å². The highest BCUT2D eigenvalue weighted by molar-refractivity contribution is 7.71. The van der Waals surface area contributed by atoms with Crippen LogP contribution in [0.25, 0.3) is 10.9 Å². The van der Waals surface area contributed by atoms with Crippen molar-refractivity contribution in [3.05, 3.63) is 59.1 Å². The molecule has 146 valence electrons. The summed E-state index contributed by atoms with van der Waals surface area (Å²) >= 11 is 5.50. The molecule has 0 radical (unpaired) electrons. The first-order valence-electron chi connectivity index (χ1n) is 9.95. The van der Waals surface area contributed by atoms with Crippen molar-refractivity contribution in [1.82, 2.24) is 19.0 Å². The van der Waals surface area contributed by atoms with Gasteiger partial charge in [-0.15, -0.1) is 6.58 Å². The average Bonchev–Trinajstić information content (AvgIpc) is 3.21. The standard InChI is InChI=1S/C22H26N4OS/c1-3-7-25-11-14(12-26-13-20(27)24(2)22(26)28)8-17-16-5-4-6-18-21(16)15(10-23-18)9-19(17)25/h3-6,10,13-14,17,19,23,27H,1,7-9,11-12H2,2H3/t14?,17-,19-/m1/s1. The normalized spacial score (nSPS) is 24.4. The van der Waals surface area contributed by atoms with Gasteiger partial charge in [0.1, 0.15) is 0 Å². The van der Waals surface area contributed by atoms with E-state index in [-0.39, 0.29) is 5.88 Å². The van der Waals surface area contributed by atoms with E-state index >= 15 is 0 Å². The minimum atomic E-state index is 0.223. The van der Waals surface area contributed by atoms with E-state index in [2.05, 4.69) is 40.9 Å². The Labute approximate surface area is 169 Å². The van der Waals surface area contributed by atoms with Crippen LogP contribution in [0.4, 0.5) is 0 Å². The number of aromatic amines is 1. The first-order valence-corrected chi connectivity index (χ1v) is 10.4. The highest BCUT2D eigenvalue weighted by Gasteiger charge is 2.40. The zero-order valence-corrected chi connectivity index (χ0v) is 17.0. The number of rotatable bonds is 4. The van der Waals surface area contributed by atoms with Crippen molar-refractivity contribution >= 4 is 23.1 Å². The molecule has 1 aromatic carbocycles. The van der Waals surface area contributed by atoms with E-state index in [0.29, 0.717) is 22.6 Å². The van der Waals surface area contributed by atoms with Crippen molar-refractivity contribution in [2.75, 3.05) is 13.1 Å². The van der Waals surface area contributed by atoms with E-state index in [1.54, 1.807) is 10.8 Å². The smallest absolute Gasteiger partial charge is 0.209 e. The molecule has 5 rings (SSSR count). The minimum Gasteiger partial charge on any atom is -0.493 e. The van der Waals surface area contributed by atoms with Crippen LogP contribution in [0.2, 0.25) is 0 Å². The summed E-state index contributed by atoms with van der Waals surface area (Å²) in [6.07, 6.45) is 8.20. The maximum absolute atomic E-state index is 10.0. The second-order valence-corrected chi connectivity index (χ2v) is 8.65. The lowest BCUT2D eigenvalue weighted by Gasteiger charge is -2.47. The molecule has 3 atom stereocenters. The van der Waals surface area contributed by atoms with Gasteiger partial charge in [-0.25, -0.2) is 0 Å². The molecule has 0 spiro atoms. The topological polar surface area (TPSA) is 49.1 Å². The van der Waals surface area contributed by atoms with Crippen molar-refractivity contribution in [2.45, 2.75) is 31.3 Å². The van der Waals surface area contributed by atoms with Crippen molar-refractivity contribution in [3.63, 3.8) is 0 Å². The average molecular weight is 395 g/mol. The number of imidazole rings is 1. The summed E-state index contributed by atoms with van der Waals surface area (Å²) in [6, 6.07) is 7.18. The van der Waals surface area contributed by atoms with Gasteiger partial charge in [0, 0.05) is 55.7 Å². The van der Waals surface area contributed by atoms with Crippen LogP contribution in [0.5, 0.6) is 5.88 Å². The Morgan fingerprint density at radius 2 is 2.25 bits per heavy atom. The Bertz CT molecular complexity index is 1110. The van der Waals surface area contributed by atoms with Crippen molar-refractivity contribution < 1.29 is 5.11 Å². The molecular weight excluding hydrogens is 368 g/mol. The second kappa shape index (κ2) is 6.64. The molecule has 3 heterocycles. The third-order valence-electron chi connectivity index (χ3n) is 6.63. The van der Waals surface area contributed by atoms with Gasteiger partial charge in [0.05, 0.1) is 6.20 Å². The fourth-order valence-corrected chi connectivity index (χ4v) is 5.61. The molecule has 1 unspecified atom stereocenters. The molecule has 0 amide bonds. The maximum atomic E-state index is 10.0. The van der Waals surface area contributed by atoms with Gasteiger partial charge in [0.2, 0.25) is 5.88 Å². The van der Waals surface area contributed by atoms with E-state index in [9.17, 15) is 5.11 Å². The quantitative estimate of drug-likeness (QED) is 0.520. The summed E-state index contributed by atoms with van der Waals surface area (Å²) in [4.78, 5) is 6.05. The van der Waals surface area contributed by atoms with Gasteiger partial charge in [0.25, 0.3) is 0 Å². The SMILES string of the molecule is C=CCN1CC(Cn2cc(O)n(C)c2=S)C[C@@H]2c3cccc4[nH]cc(c34)C[C@H]21. The molecular formula is C22H26N4OS. The molecule has 2 aromatic heterocycles. The fourth-order valence-electron chi connectivity index (χ4n) is 5.39. The summed E-state index contributed by atoms with van der Waals surface area (Å²) in [7, 11) is 1.81. The molecule has 1 saturated heterocycles. The predicted molar refractivity (Wildman–Crippen MR) is 114 cm³/mol. The molecule has 0 bridgehead atoms. The largest absolute Gasteiger partial charge is 0.493 e. The summed E-state index contributed by atoms with van der Waals surface area (Å²) < 4.78 is 4.36. The van der Waals surface area contributed by atoms with Gasteiger partial charge < -0.3 is 14.7 Å². The van der Waals surface area contributed by atoms with E-state index in [0.717, 1.165) is 32.5 Å². The number of hydrogen-bond acceptors (Lipinski definition) is 3. The molecule has 1 fully saturated rings. The maximum Gasteiger partial charge on any atom is 0.209 e.